The second kappa shape index (κ2) is 11.3. The maximum atomic E-state index is 5.84. The van der Waals surface area contributed by atoms with Crippen molar-refractivity contribution in [1.82, 2.24) is 20.6 Å². The second-order valence-corrected chi connectivity index (χ2v) is 8.72. The summed E-state index contributed by atoms with van der Waals surface area (Å²) < 4.78 is 5.79. The third-order valence-corrected chi connectivity index (χ3v) is 6.39. The highest BCUT2D eigenvalue weighted by Gasteiger charge is 2.18. The van der Waals surface area contributed by atoms with Gasteiger partial charge in [-0.25, -0.2) is 0 Å². The van der Waals surface area contributed by atoms with E-state index in [0.717, 1.165) is 63.6 Å². The van der Waals surface area contributed by atoms with Crippen LogP contribution >= 0.6 is 0 Å². The number of hydrogen-bond acceptors (Lipinski definition) is 7. The molecule has 0 aliphatic carbocycles. The fraction of sp³-hybridized carbons (Fsp3) is 0.480. The van der Waals surface area contributed by atoms with E-state index in [2.05, 4.69) is 56.7 Å². The van der Waals surface area contributed by atoms with E-state index >= 15 is 0 Å². The first-order valence-electron chi connectivity index (χ1n) is 11.7. The highest BCUT2D eigenvalue weighted by atomic mass is 16.5. The van der Waals surface area contributed by atoms with Gasteiger partial charge >= 0.3 is 0 Å². The van der Waals surface area contributed by atoms with Crippen LogP contribution in [0.15, 0.2) is 48.9 Å². The van der Waals surface area contributed by atoms with Crippen molar-refractivity contribution in [2.75, 3.05) is 44.2 Å². The van der Waals surface area contributed by atoms with Gasteiger partial charge in [0.2, 0.25) is 0 Å². The fourth-order valence-corrected chi connectivity index (χ4v) is 4.52. The molecule has 32 heavy (non-hydrogen) atoms. The lowest BCUT2D eigenvalue weighted by molar-refractivity contribution is 0.0188. The average Bonchev–Trinajstić information content (AvgIpc) is 2.84. The number of nitrogens with two attached hydrogens (primary N) is 1. The summed E-state index contributed by atoms with van der Waals surface area (Å²) in [4.78, 5) is 9.19. The number of rotatable bonds is 8. The Morgan fingerprint density at radius 3 is 2.78 bits per heavy atom. The normalized spacial score (nSPS) is 20.2. The highest BCUT2D eigenvalue weighted by molar-refractivity contribution is 5.69. The Morgan fingerprint density at radius 1 is 1.22 bits per heavy atom. The third kappa shape index (κ3) is 6.00. The van der Waals surface area contributed by atoms with E-state index in [0.29, 0.717) is 6.10 Å². The van der Waals surface area contributed by atoms with Crippen LogP contribution in [-0.4, -0.2) is 55.3 Å². The lowest BCUT2D eigenvalue weighted by atomic mass is 10.0. The predicted octanol–water partition coefficient (Wildman–Crippen LogP) is 2.63. The van der Waals surface area contributed by atoms with Gasteiger partial charge in [-0.3, -0.25) is 15.7 Å². The number of benzene rings is 1. The summed E-state index contributed by atoms with van der Waals surface area (Å²) in [6, 6.07) is 10.8. The zero-order valence-electron chi connectivity index (χ0n) is 19.1. The molecule has 0 amide bonds. The molecular weight excluding hydrogens is 400 g/mol. The summed E-state index contributed by atoms with van der Waals surface area (Å²) in [7, 11) is 0. The molecule has 0 bridgehead atoms. The van der Waals surface area contributed by atoms with Crippen molar-refractivity contribution in [2.45, 2.75) is 38.8 Å². The lowest BCUT2D eigenvalue weighted by Crippen LogP contribution is -2.46. The largest absolute Gasteiger partial charge is 0.387 e. The SMILES string of the molecule is Cc1cc(N2CCN(Cc3cccnc3)CC2)ccc1/C(=C/NCC1CCCCO1)NN. The molecular formula is C25H36N6O. The Kier molecular flexibility index (Phi) is 7.98. The van der Waals surface area contributed by atoms with E-state index in [4.69, 9.17) is 10.6 Å². The van der Waals surface area contributed by atoms with Crippen LogP contribution in [0.5, 0.6) is 0 Å². The van der Waals surface area contributed by atoms with Gasteiger partial charge < -0.3 is 20.4 Å². The van der Waals surface area contributed by atoms with E-state index in [1.165, 1.54) is 29.7 Å². The zero-order chi connectivity index (χ0) is 22.2. The van der Waals surface area contributed by atoms with Gasteiger partial charge in [0.25, 0.3) is 0 Å². The maximum Gasteiger partial charge on any atom is 0.0747 e. The van der Waals surface area contributed by atoms with E-state index in [-0.39, 0.29) is 0 Å². The summed E-state index contributed by atoms with van der Waals surface area (Å²) in [5.74, 6) is 5.84. The number of hydrazine groups is 1. The molecule has 1 aromatic heterocycles. The number of hydrogen-bond donors (Lipinski definition) is 3. The molecule has 1 aromatic carbocycles. The number of anilines is 1. The number of ether oxygens (including phenoxy) is 1. The van der Waals surface area contributed by atoms with Crippen LogP contribution < -0.4 is 21.5 Å². The van der Waals surface area contributed by atoms with E-state index < -0.39 is 0 Å². The first-order valence-corrected chi connectivity index (χ1v) is 11.7. The topological polar surface area (TPSA) is 78.7 Å². The Hall–Kier alpha value is -2.61. The van der Waals surface area contributed by atoms with Gasteiger partial charge in [0.1, 0.15) is 0 Å². The summed E-state index contributed by atoms with van der Waals surface area (Å²) >= 11 is 0. The monoisotopic (exact) mass is 436 g/mol. The molecule has 3 heterocycles. The van der Waals surface area contributed by atoms with E-state index in [1.807, 2.05) is 24.7 Å². The van der Waals surface area contributed by atoms with Crippen molar-refractivity contribution in [3.8, 4) is 0 Å². The Bertz CT molecular complexity index is 873. The van der Waals surface area contributed by atoms with Gasteiger partial charge in [-0.1, -0.05) is 12.1 Å². The molecule has 7 heteroatoms. The number of piperazine rings is 1. The number of aromatic nitrogens is 1. The standard InChI is InChI=1S/C25H36N6O/c1-20-15-22(31-12-10-30(11-13-31)19-21-5-4-9-27-16-21)7-8-24(20)25(29-26)18-28-17-23-6-2-3-14-32-23/h4-5,7-9,15-16,18,23,28-29H,2-3,6,10-14,17,19,26H2,1H3/b25-18-. The molecule has 4 rings (SSSR count). The van der Waals surface area contributed by atoms with Crippen molar-refractivity contribution in [2.24, 2.45) is 5.84 Å². The van der Waals surface area contributed by atoms with Gasteiger partial charge in [0, 0.05) is 75.7 Å². The molecule has 2 saturated heterocycles. The number of nitrogens with zero attached hydrogens (tertiary/aromatic N) is 3. The molecule has 2 aliphatic rings. The van der Waals surface area contributed by atoms with Gasteiger partial charge in [-0.05, 0) is 55.5 Å². The van der Waals surface area contributed by atoms with Crippen molar-refractivity contribution in [3.63, 3.8) is 0 Å². The minimum Gasteiger partial charge on any atom is -0.387 e. The molecule has 0 saturated carbocycles. The Labute approximate surface area is 191 Å². The van der Waals surface area contributed by atoms with Crippen molar-refractivity contribution >= 4 is 11.4 Å². The minimum atomic E-state index is 0.291. The minimum absolute atomic E-state index is 0.291. The zero-order valence-corrected chi connectivity index (χ0v) is 19.1. The van der Waals surface area contributed by atoms with Crippen LogP contribution in [0.4, 0.5) is 5.69 Å². The predicted molar refractivity (Wildman–Crippen MR) is 130 cm³/mol. The molecule has 4 N–H and O–H groups in total. The Morgan fingerprint density at radius 2 is 2.09 bits per heavy atom. The maximum absolute atomic E-state index is 5.84. The van der Waals surface area contributed by atoms with Gasteiger partial charge in [-0.2, -0.15) is 0 Å². The summed E-state index contributed by atoms with van der Waals surface area (Å²) in [5.41, 5.74) is 8.62. The van der Waals surface area contributed by atoms with Crippen molar-refractivity contribution in [3.05, 3.63) is 65.6 Å². The summed E-state index contributed by atoms with van der Waals surface area (Å²) in [6.07, 6.45) is 9.59. The number of nitrogens with one attached hydrogen (secondary N) is 2. The van der Waals surface area contributed by atoms with Crippen LogP contribution in [0.1, 0.15) is 36.0 Å². The fourth-order valence-electron chi connectivity index (χ4n) is 4.52. The van der Waals surface area contributed by atoms with Crippen LogP contribution in [-0.2, 0) is 11.3 Å². The molecule has 2 aromatic rings. The molecule has 7 nitrogen and oxygen atoms in total. The van der Waals surface area contributed by atoms with Gasteiger partial charge in [-0.15, -0.1) is 0 Å². The molecule has 2 aliphatic heterocycles. The molecule has 0 radical (unpaired) electrons. The number of pyridine rings is 1. The first-order chi connectivity index (χ1) is 15.7. The lowest BCUT2D eigenvalue weighted by Gasteiger charge is -2.36. The molecule has 0 spiro atoms. The van der Waals surface area contributed by atoms with Crippen molar-refractivity contribution in [1.29, 1.82) is 0 Å². The molecule has 1 atom stereocenters. The van der Waals surface area contributed by atoms with Crippen molar-refractivity contribution < 1.29 is 4.74 Å². The van der Waals surface area contributed by atoms with Crippen LogP contribution in [0.25, 0.3) is 5.70 Å². The summed E-state index contributed by atoms with van der Waals surface area (Å²) in [6.45, 7) is 8.96. The average molecular weight is 437 g/mol. The van der Waals surface area contributed by atoms with Crippen LogP contribution in [0.2, 0.25) is 0 Å². The molecule has 172 valence electrons. The van der Waals surface area contributed by atoms with Gasteiger partial charge in [0.05, 0.1) is 11.8 Å². The van der Waals surface area contributed by atoms with E-state index in [9.17, 15) is 0 Å². The molecule has 1 unspecified atom stereocenters. The number of aryl methyl sites for hydroxylation is 1. The van der Waals surface area contributed by atoms with Crippen LogP contribution in [0.3, 0.4) is 0 Å². The van der Waals surface area contributed by atoms with Crippen LogP contribution in [0, 0.1) is 6.92 Å². The Balaban J connectivity index is 1.32. The third-order valence-electron chi connectivity index (χ3n) is 6.39. The summed E-state index contributed by atoms with van der Waals surface area (Å²) in [5, 5.41) is 3.38. The smallest absolute Gasteiger partial charge is 0.0747 e. The van der Waals surface area contributed by atoms with E-state index in [1.54, 1.807) is 0 Å². The first kappa shape index (κ1) is 22.6. The van der Waals surface area contributed by atoms with Gasteiger partial charge in [0.15, 0.2) is 0 Å². The quantitative estimate of drug-likeness (QED) is 0.434. The molecule has 2 fully saturated rings. The second-order valence-electron chi connectivity index (χ2n) is 8.72. The highest BCUT2D eigenvalue weighted by Crippen LogP contribution is 2.24.